The van der Waals surface area contributed by atoms with E-state index in [9.17, 15) is 13.2 Å². The van der Waals surface area contributed by atoms with Crippen LogP contribution in [0, 0.1) is 5.92 Å². The average molecular weight is 392 g/mol. The van der Waals surface area contributed by atoms with Crippen LogP contribution in [0.1, 0.15) is 47.6 Å². The van der Waals surface area contributed by atoms with Crippen molar-refractivity contribution in [3.05, 3.63) is 64.7 Å². The Hall–Kier alpha value is -1.85. The molecule has 0 bridgehead atoms. The van der Waals surface area contributed by atoms with Gasteiger partial charge in [-0.2, -0.15) is 0 Å². The molecule has 1 atom stereocenters. The summed E-state index contributed by atoms with van der Waals surface area (Å²) in [5.41, 5.74) is 1.37. The van der Waals surface area contributed by atoms with Gasteiger partial charge in [0.15, 0.2) is 9.84 Å². The Balaban J connectivity index is 1.87. The highest BCUT2D eigenvalue weighted by atomic mass is 35.5. The van der Waals surface area contributed by atoms with Crippen LogP contribution in [0.15, 0.2) is 53.4 Å². The number of carbonyl (C=O) groups excluding carboxylic acids is 1. The fraction of sp³-hybridized carbons (Fsp3) is 0.350. The fourth-order valence-corrected chi connectivity index (χ4v) is 4.32. The molecule has 6 heteroatoms. The molecule has 1 N–H and O–H groups in total. The predicted octanol–water partition coefficient (Wildman–Crippen LogP) is 4.40. The Labute approximate surface area is 159 Å². The van der Waals surface area contributed by atoms with Crippen molar-refractivity contribution in [2.75, 3.05) is 6.26 Å². The van der Waals surface area contributed by atoms with Gasteiger partial charge in [0.2, 0.25) is 0 Å². The van der Waals surface area contributed by atoms with Gasteiger partial charge < -0.3 is 5.32 Å². The van der Waals surface area contributed by atoms with E-state index in [0.29, 0.717) is 16.5 Å². The van der Waals surface area contributed by atoms with Crippen LogP contribution in [0.2, 0.25) is 5.02 Å². The molecule has 0 heterocycles. The van der Waals surface area contributed by atoms with E-state index in [1.165, 1.54) is 12.1 Å². The van der Waals surface area contributed by atoms with Crippen LogP contribution in [0.5, 0.6) is 0 Å². The molecule has 0 spiro atoms. The molecule has 0 saturated heterocycles. The lowest BCUT2D eigenvalue weighted by atomic mass is 9.91. The highest BCUT2D eigenvalue weighted by Crippen LogP contribution is 2.36. The van der Waals surface area contributed by atoms with E-state index in [4.69, 9.17) is 11.6 Å². The Morgan fingerprint density at radius 2 is 1.77 bits per heavy atom. The molecule has 138 valence electrons. The molecule has 3 rings (SSSR count). The molecule has 0 aliphatic heterocycles. The average Bonchev–Trinajstić information content (AvgIpc) is 3.14. The molecule has 4 nitrogen and oxygen atoms in total. The third kappa shape index (κ3) is 4.46. The minimum absolute atomic E-state index is 0.107. The molecule has 2 aromatic rings. The molecule has 1 saturated carbocycles. The minimum Gasteiger partial charge on any atom is -0.345 e. The first kappa shape index (κ1) is 18.9. The van der Waals surface area contributed by atoms with Crippen molar-refractivity contribution in [1.82, 2.24) is 5.32 Å². The Bertz CT molecular complexity index is 888. The first-order chi connectivity index (χ1) is 12.3. The number of carbonyl (C=O) groups is 1. The number of benzene rings is 2. The normalized spacial score (nSPS) is 16.4. The maximum atomic E-state index is 12.8. The SMILES string of the molecule is CS(=O)(=O)c1cccc(C(=O)NC(c2ccc(Cl)cc2)C2CCCC2)c1. The number of hydrogen-bond acceptors (Lipinski definition) is 3. The minimum atomic E-state index is -3.35. The number of halogens is 1. The Morgan fingerprint density at radius 1 is 1.12 bits per heavy atom. The lowest BCUT2D eigenvalue weighted by molar-refractivity contribution is 0.0921. The quantitative estimate of drug-likeness (QED) is 0.821. The van der Waals surface area contributed by atoms with E-state index in [1.54, 1.807) is 12.1 Å². The van der Waals surface area contributed by atoms with Gasteiger partial charge in [0.05, 0.1) is 10.9 Å². The number of hydrogen-bond donors (Lipinski definition) is 1. The van der Waals surface area contributed by atoms with Crippen LogP contribution in [0.3, 0.4) is 0 Å². The van der Waals surface area contributed by atoms with E-state index in [-0.39, 0.29) is 16.8 Å². The van der Waals surface area contributed by atoms with Crippen LogP contribution in [0.25, 0.3) is 0 Å². The van der Waals surface area contributed by atoms with E-state index < -0.39 is 9.84 Å². The standard InChI is InChI=1S/C20H22ClNO3S/c1-26(24,25)18-8-4-7-16(13-18)20(23)22-19(14-5-2-3-6-14)15-9-11-17(21)12-10-15/h4,7-14,19H,2-3,5-6H2,1H3,(H,22,23). The number of sulfone groups is 1. The van der Waals surface area contributed by atoms with Crippen LogP contribution in [-0.4, -0.2) is 20.6 Å². The van der Waals surface area contributed by atoms with Gasteiger partial charge in [0.1, 0.15) is 0 Å². The van der Waals surface area contributed by atoms with Gasteiger partial charge in [0.25, 0.3) is 5.91 Å². The van der Waals surface area contributed by atoms with Crippen molar-refractivity contribution < 1.29 is 13.2 Å². The Kier molecular flexibility index (Phi) is 5.68. The zero-order valence-corrected chi connectivity index (χ0v) is 16.2. The second kappa shape index (κ2) is 7.80. The van der Waals surface area contributed by atoms with Crippen LogP contribution >= 0.6 is 11.6 Å². The summed E-state index contributed by atoms with van der Waals surface area (Å²) in [7, 11) is -3.35. The summed E-state index contributed by atoms with van der Waals surface area (Å²) in [5.74, 6) is 0.112. The van der Waals surface area contributed by atoms with Gasteiger partial charge in [-0.3, -0.25) is 4.79 Å². The molecule has 0 aromatic heterocycles. The Morgan fingerprint density at radius 3 is 2.38 bits per heavy atom. The lowest BCUT2D eigenvalue weighted by Gasteiger charge is -2.25. The van der Waals surface area contributed by atoms with Crippen LogP contribution in [-0.2, 0) is 9.84 Å². The summed E-state index contributed by atoms with van der Waals surface area (Å²) in [6.45, 7) is 0. The number of rotatable bonds is 5. The first-order valence-electron chi connectivity index (χ1n) is 8.71. The van der Waals surface area contributed by atoms with Gasteiger partial charge in [-0.25, -0.2) is 8.42 Å². The maximum Gasteiger partial charge on any atom is 0.251 e. The summed E-state index contributed by atoms with van der Waals surface area (Å²) >= 11 is 5.99. The summed E-state index contributed by atoms with van der Waals surface area (Å²) in [4.78, 5) is 12.9. The summed E-state index contributed by atoms with van der Waals surface area (Å²) in [6.07, 6.45) is 5.59. The molecule has 1 unspecified atom stereocenters. The molecule has 0 radical (unpaired) electrons. The van der Waals surface area contributed by atoms with E-state index in [1.807, 2.05) is 24.3 Å². The highest BCUT2D eigenvalue weighted by molar-refractivity contribution is 7.90. The zero-order chi connectivity index (χ0) is 18.7. The lowest BCUT2D eigenvalue weighted by Crippen LogP contribution is -2.32. The molecule has 2 aromatic carbocycles. The largest absolute Gasteiger partial charge is 0.345 e. The summed E-state index contributed by atoms with van der Waals surface area (Å²) in [5, 5.41) is 3.77. The van der Waals surface area contributed by atoms with E-state index in [0.717, 1.165) is 37.5 Å². The van der Waals surface area contributed by atoms with Crippen molar-refractivity contribution in [2.45, 2.75) is 36.6 Å². The fourth-order valence-electron chi connectivity index (χ4n) is 3.53. The molecular weight excluding hydrogens is 370 g/mol. The van der Waals surface area contributed by atoms with Gasteiger partial charge in [-0.1, -0.05) is 42.6 Å². The second-order valence-electron chi connectivity index (χ2n) is 6.85. The van der Waals surface area contributed by atoms with Crippen molar-refractivity contribution in [1.29, 1.82) is 0 Å². The molecule has 1 aliphatic carbocycles. The maximum absolute atomic E-state index is 12.8. The third-order valence-corrected chi connectivity index (χ3v) is 6.27. The molecule has 1 amide bonds. The second-order valence-corrected chi connectivity index (χ2v) is 9.30. The van der Waals surface area contributed by atoms with Crippen LogP contribution in [0.4, 0.5) is 0 Å². The van der Waals surface area contributed by atoms with Gasteiger partial charge in [0, 0.05) is 16.8 Å². The first-order valence-corrected chi connectivity index (χ1v) is 11.0. The molecule has 26 heavy (non-hydrogen) atoms. The number of amides is 1. The molecule has 1 aliphatic rings. The van der Waals surface area contributed by atoms with Crippen molar-refractivity contribution in [3.8, 4) is 0 Å². The topological polar surface area (TPSA) is 63.2 Å². The van der Waals surface area contributed by atoms with Crippen molar-refractivity contribution >= 4 is 27.3 Å². The van der Waals surface area contributed by atoms with Crippen LogP contribution < -0.4 is 5.32 Å². The highest BCUT2D eigenvalue weighted by Gasteiger charge is 2.28. The van der Waals surface area contributed by atoms with E-state index >= 15 is 0 Å². The van der Waals surface area contributed by atoms with Gasteiger partial charge in [-0.15, -0.1) is 0 Å². The monoisotopic (exact) mass is 391 g/mol. The molecule has 1 fully saturated rings. The van der Waals surface area contributed by atoms with Gasteiger partial charge >= 0.3 is 0 Å². The van der Waals surface area contributed by atoms with Crippen molar-refractivity contribution in [3.63, 3.8) is 0 Å². The predicted molar refractivity (Wildman–Crippen MR) is 103 cm³/mol. The zero-order valence-electron chi connectivity index (χ0n) is 14.6. The summed E-state index contributed by atoms with van der Waals surface area (Å²) < 4.78 is 23.5. The third-order valence-electron chi connectivity index (χ3n) is 4.91. The summed E-state index contributed by atoms with van der Waals surface area (Å²) in [6, 6.07) is 13.6. The smallest absolute Gasteiger partial charge is 0.251 e. The molecular formula is C20H22ClNO3S. The number of nitrogens with one attached hydrogen (secondary N) is 1. The van der Waals surface area contributed by atoms with Gasteiger partial charge in [-0.05, 0) is 54.7 Å². The van der Waals surface area contributed by atoms with Crippen molar-refractivity contribution in [2.24, 2.45) is 5.92 Å². The van der Waals surface area contributed by atoms with E-state index in [2.05, 4.69) is 5.32 Å².